The number of ether oxygens (including phenoxy) is 1. The van der Waals surface area contributed by atoms with Crippen LogP contribution in [0.15, 0.2) is 71.8 Å². The van der Waals surface area contributed by atoms with Gasteiger partial charge in [0.1, 0.15) is 12.2 Å². The molecule has 10 nitrogen and oxygen atoms in total. The van der Waals surface area contributed by atoms with Crippen LogP contribution in [0.3, 0.4) is 0 Å². The summed E-state index contributed by atoms with van der Waals surface area (Å²) in [6.45, 7) is 0.792. The molecule has 0 radical (unpaired) electrons. The number of nitrogens with zero attached hydrogens (tertiary/aromatic N) is 4. The van der Waals surface area contributed by atoms with Gasteiger partial charge in [0, 0.05) is 13.1 Å². The fourth-order valence-electron chi connectivity index (χ4n) is 4.59. The van der Waals surface area contributed by atoms with Crippen molar-refractivity contribution in [2.75, 3.05) is 12.3 Å². The second-order valence-electron chi connectivity index (χ2n) is 8.38. The number of benzene rings is 2. The molecule has 3 heterocycles. The first kappa shape index (κ1) is 22.2. The SMILES string of the molecule is Nc1nc2c(ncn2[C@@H]2O[C@H](CO)C(N(Cc3ccccc3)Cc3ccccc3)C2O)c(=O)[nH]1. The van der Waals surface area contributed by atoms with E-state index in [2.05, 4.69) is 19.9 Å². The van der Waals surface area contributed by atoms with E-state index in [1.165, 1.54) is 10.9 Å². The number of aromatic nitrogens is 4. The van der Waals surface area contributed by atoms with Crippen LogP contribution in [0.4, 0.5) is 5.95 Å². The predicted molar refractivity (Wildman–Crippen MR) is 125 cm³/mol. The molecule has 2 unspecified atom stereocenters. The zero-order chi connectivity index (χ0) is 23.7. The van der Waals surface area contributed by atoms with Gasteiger partial charge in [-0.25, -0.2) is 4.98 Å². The van der Waals surface area contributed by atoms with E-state index in [0.717, 1.165) is 11.1 Å². The highest BCUT2D eigenvalue weighted by atomic mass is 16.5. The minimum atomic E-state index is -1.04. The van der Waals surface area contributed by atoms with Crippen molar-refractivity contribution >= 4 is 17.1 Å². The Kier molecular flexibility index (Phi) is 6.12. The molecule has 1 aliphatic heterocycles. The summed E-state index contributed by atoms with van der Waals surface area (Å²) in [6, 6.07) is 19.3. The van der Waals surface area contributed by atoms with E-state index >= 15 is 0 Å². The highest BCUT2D eigenvalue weighted by Gasteiger charge is 2.47. The van der Waals surface area contributed by atoms with Crippen LogP contribution in [0.1, 0.15) is 17.4 Å². The van der Waals surface area contributed by atoms with E-state index in [1.54, 1.807) is 0 Å². The Bertz CT molecular complexity index is 1270. The van der Waals surface area contributed by atoms with E-state index in [1.807, 2.05) is 60.7 Å². The number of nitrogens with two attached hydrogens (primary N) is 1. The number of aliphatic hydroxyl groups is 2. The molecule has 34 heavy (non-hydrogen) atoms. The number of anilines is 1. The van der Waals surface area contributed by atoms with E-state index < -0.39 is 30.0 Å². The van der Waals surface area contributed by atoms with Gasteiger partial charge in [-0.05, 0) is 11.1 Å². The number of nitrogens with one attached hydrogen (secondary N) is 1. The molecule has 0 aliphatic carbocycles. The number of imidazole rings is 1. The van der Waals surface area contributed by atoms with Crippen LogP contribution in [-0.4, -0.2) is 59.5 Å². The van der Waals surface area contributed by atoms with Crippen LogP contribution < -0.4 is 11.3 Å². The monoisotopic (exact) mass is 462 g/mol. The highest BCUT2D eigenvalue weighted by Crippen LogP contribution is 2.35. The normalized spacial score (nSPS) is 22.6. The standard InChI is InChI=1S/C24H26N6O4/c25-24-27-21-18(22(33)28-24)26-14-30(21)23-20(32)19(17(13-31)34-23)29(11-15-7-3-1-4-8-15)12-16-9-5-2-6-10-16/h1-10,14,17,19-20,23,31-32H,11-13H2,(H3,25,27,28,33)/t17-,19?,20?,23-/m1/s1. The molecule has 0 bridgehead atoms. The van der Waals surface area contributed by atoms with Crippen molar-refractivity contribution in [2.24, 2.45) is 0 Å². The second-order valence-corrected chi connectivity index (χ2v) is 8.38. The number of rotatable bonds is 7. The number of nitrogen functional groups attached to an aromatic ring is 1. The van der Waals surface area contributed by atoms with Gasteiger partial charge in [-0.3, -0.25) is 19.2 Å². The Morgan fingerprint density at radius 3 is 2.26 bits per heavy atom. The van der Waals surface area contributed by atoms with Crippen molar-refractivity contribution in [3.8, 4) is 0 Å². The molecule has 0 amide bonds. The van der Waals surface area contributed by atoms with Gasteiger partial charge in [0.05, 0.1) is 19.0 Å². The van der Waals surface area contributed by atoms with E-state index in [0.29, 0.717) is 13.1 Å². The third-order valence-electron chi connectivity index (χ3n) is 6.12. The largest absolute Gasteiger partial charge is 0.394 e. The lowest BCUT2D eigenvalue weighted by molar-refractivity contribution is -0.0501. The van der Waals surface area contributed by atoms with Crippen molar-refractivity contribution in [3.05, 3.63) is 88.5 Å². The first-order valence-electron chi connectivity index (χ1n) is 11.0. The number of aromatic amines is 1. The number of fused-ring (bicyclic) bond motifs is 1. The summed E-state index contributed by atoms with van der Waals surface area (Å²) in [6.07, 6.45) is -1.22. The van der Waals surface area contributed by atoms with Gasteiger partial charge in [-0.1, -0.05) is 60.7 Å². The van der Waals surface area contributed by atoms with Crippen molar-refractivity contribution in [1.82, 2.24) is 24.4 Å². The molecule has 1 saturated heterocycles. The molecular weight excluding hydrogens is 436 g/mol. The summed E-state index contributed by atoms with van der Waals surface area (Å²) < 4.78 is 7.61. The lowest BCUT2D eigenvalue weighted by Gasteiger charge is -2.33. The topological polar surface area (TPSA) is 143 Å². The molecular formula is C24H26N6O4. The lowest BCUT2D eigenvalue weighted by Crippen LogP contribution is -2.47. The molecule has 1 aliphatic rings. The average molecular weight is 463 g/mol. The van der Waals surface area contributed by atoms with E-state index in [9.17, 15) is 15.0 Å². The first-order chi connectivity index (χ1) is 16.5. The maximum atomic E-state index is 12.2. The Hall–Kier alpha value is -3.57. The maximum absolute atomic E-state index is 12.2. The molecule has 0 spiro atoms. The average Bonchev–Trinajstić information content (AvgIpc) is 3.40. The molecule has 176 valence electrons. The number of aliphatic hydroxyl groups excluding tert-OH is 2. The molecule has 2 aromatic carbocycles. The minimum absolute atomic E-state index is 0.0585. The van der Waals surface area contributed by atoms with E-state index in [-0.39, 0.29) is 23.7 Å². The Morgan fingerprint density at radius 2 is 1.68 bits per heavy atom. The van der Waals surface area contributed by atoms with Crippen molar-refractivity contribution in [1.29, 1.82) is 0 Å². The first-order valence-corrected chi connectivity index (χ1v) is 11.0. The van der Waals surface area contributed by atoms with Crippen molar-refractivity contribution < 1.29 is 14.9 Å². The highest BCUT2D eigenvalue weighted by molar-refractivity contribution is 5.70. The lowest BCUT2D eigenvalue weighted by atomic mass is 10.0. The summed E-state index contributed by atoms with van der Waals surface area (Å²) in [5, 5.41) is 21.6. The Labute approximate surface area is 195 Å². The fourth-order valence-corrected chi connectivity index (χ4v) is 4.59. The third-order valence-corrected chi connectivity index (χ3v) is 6.12. The zero-order valence-electron chi connectivity index (χ0n) is 18.4. The van der Waals surface area contributed by atoms with Crippen LogP contribution >= 0.6 is 0 Å². The minimum Gasteiger partial charge on any atom is -0.394 e. The maximum Gasteiger partial charge on any atom is 0.280 e. The number of hydrogen-bond acceptors (Lipinski definition) is 8. The van der Waals surface area contributed by atoms with Gasteiger partial charge in [-0.2, -0.15) is 4.98 Å². The van der Waals surface area contributed by atoms with Gasteiger partial charge in [-0.15, -0.1) is 0 Å². The summed E-state index contributed by atoms with van der Waals surface area (Å²) in [7, 11) is 0. The Morgan fingerprint density at radius 1 is 1.06 bits per heavy atom. The number of hydrogen-bond donors (Lipinski definition) is 4. The zero-order valence-corrected chi connectivity index (χ0v) is 18.4. The molecule has 1 fully saturated rings. The summed E-state index contributed by atoms with van der Waals surface area (Å²) in [4.78, 5) is 25.0. The quantitative estimate of drug-likeness (QED) is 0.319. The van der Waals surface area contributed by atoms with Gasteiger partial charge in [0.15, 0.2) is 17.4 Å². The number of H-pyrrole nitrogens is 1. The van der Waals surface area contributed by atoms with Gasteiger partial charge in [0.25, 0.3) is 5.56 Å². The molecule has 5 rings (SSSR count). The molecule has 2 aromatic heterocycles. The molecule has 4 atom stereocenters. The molecule has 10 heteroatoms. The van der Waals surface area contributed by atoms with Crippen LogP contribution in [0.2, 0.25) is 0 Å². The van der Waals surface area contributed by atoms with Crippen molar-refractivity contribution in [3.63, 3.8) is 0 Å². The summed E-state index contributed by atoms with van der Waals surface area (Å²) in [5.74, 6) is -0.0585. The summed E-state index contributed by atoms with van der Waals surface area (Å²) in [5.41, 5.74) is 7.70. The molecule has 5 N–H and O–H groups in total. The fraction of sp³-hybridized carbons (Fsp3) is 0.292. The van der Waals surface area contributed by atoms with E-state index in [4.69, 9.17) is 10.5 Å². The van der Waals surface area contributed by atoms with Crippen LogP contribution in [-0.2, 0) is 17.8 Å². The molecule has 4 aromatic rings. The smallest absolute Gasteiger partial charge is 0.280 e. The third kappa shape index (κ3) is 4.19. The van der Waals surface area contributed by atoms with Crippen LogP contribution in [0, 0.1) is 0 Å². The van der Waals surface area contributed by atoms with Gasteiger partial charge >= 0.3 is 0 Å². The van der Waals surface area contributed by atoms with Gasteiger partial charge < -0.3 is 20.7 Å². The Balaban J connectivity index is 1.51. The summed E-state index contributed by atoms with van der Waals surface area (Å²) >= 11 is 0. The van der Waals surface area contributed by atoms with Crippen molar-refractivity contribution in [2.45, 2.75) is 37.6 Å². The van der Waals surface area contributed by atoms with Crippen LogP contribution in [0.5, 0.6) is 0 Å². The molecule has 0 saturated carbocycles. The van der Waals surface area contributed by atoms with Gasteiger partial charge in [0.2, 0.25) is 5.95 Å². The predicted octanol–water partition coefficient (Wildman–Crippen LogP) is 1.02. The van der Waals surface area contributed by atoms with Crippen LogP contribution in [0.25, 0.3) is 11.2 Å². The second kappa shape index (κ2) is 9.35.